The Bertz CT molecular complexity index is 330. The lowest BCUT2D eigenvalue weighted by molar-refractivity contribution is 0.224. The Morgan fingerprint density at radius 2 is 2.12 bits per heavy atom. The van der Waals surface area contributed by atoms with E-state index in [2.05, 4.69) is 60.5 Å². The highest BCUT2D eigenvalue weighted by atomic mass is 79.9. The third kappa shape index (κ3) is 3.55. The predicted octanol–water partition coefficient (Wildman–Crippen LogP) is 4.09. The van der Waals surface area contributed by atoms with Crippen LogP contribution in [0.4, 0.5) is 0 Å². The summed E-state index contributed by atoms with van der Waals surface area (Å²) in [6.45, 7) is 9.10. The van der Waals surface area contributed by atoms with E-state index in [4.69, 9.17) is 5.84 Å². The van der Waals surface area contributed by atoms with Gasteiger partial charge in [-0.05, 0) is 45.1 Å². The van der Waals surface area contributed by atoms with Crippen molar-refractivity contribution in [3.63, 3.8) is 0 Å². The summed E-state index contributed by atoms with van der Waals surface area (Å²) < 4.78 is 1.15. The molecule has 1 aromatic rings. The molecule has 0 bridgehead atoms. The molecule has 1 rings (SSSR count). The lowest BCUT2D eigenvalue weighted by Crippen LogP contribution is -2.31. The molecule has 3 N–H and O–H groups in total. The van der Waals surface area contributed by atoms with E-state index in [-0.39, 0.29) is 6.04 Å². The molecule has 92 valence electrons. The fourth-order valence-electron chi connectivity index (χ4n) is 1.51. The van der Waals surface area contributed by atoms with Crippen LogP contribution in [0, 0.1) is 11.3 Å². The molecule has 2 atom stereocenters. The minimum absolute atomic E-state index is 0.239. The molecule has 0 radical (unpaired) electrons. The topological polar surface area (TPSA) is 38.0 Å². The standard InChI is InChI=1S/C12H21BrN2S/c1-8(12(2,3)4)7-10(15-14)11-9(13)5-6-16-11/h5-6,8,10,15H,7,14H2,1-4H3. The lowest BCUT2D eigenvalue weighted by Gasteiger charge is -2.30. The van der Waals surface area contributed by atoms with Crippen molar-refractivity contribution >= 4 is 27.3 Å². The summed E-state index contributed by atoms with van der Waals surface area (Å²) >= 11 is 5.31. The van der Waals surface area contributed by atoms with Gasteiger partial charge in [-0.3, -0.25) is 11.3 Å². The second-order valence-corrected chi connectivity index (χ2v) is 7.16. The summed E-state index contributed by atoms with van der Waals surface area (Å²) in [5.41, 5.74) is 3.25. The first kappa shape index (κ1) is 14.2. The minimum Gasteiger partial charge on any atom is -0.271 e. The Morgan fingerprint density at radius 3 is 2.50 bits per heavy atom. The Morgan fingerprint density at radius 1 is 1.50 bits per heavy atom. The van der Waals surface area contributed by atoms with Crippen LogP contribution >= 0.6 is 27.3 Å². The molecule has 0 aliphatic heterocycles. The van der Waals surface area contributed by atoms with Crippen LogP contribution in [0.1, 0.15) is 45.0 Å². The van der Waals surface area contributed by atoms with E-state index in [0.29, 0.717) is 11.3 Å². The van der Waals surface area contributed by atoms with Gasteiger partial charge in [0.25, 0.3) is 0 Å². The van der Waals surface area contributed by atoms with Gasteiger partial charge in [0.1, 0.15) is 0 Å². The molecular formula is C12H21BrN2S. The SMILES string of the molecule is CC(CC(NN)c1sccc1Br)C(C)(C)C. The molecule has 2 nitrogen and oxygen atoms in total. The third-order valence-corrected chi connectivity index (χ3v) is 5.21. The number of thiophene rings is 1. The molecule has 0 aliphatic carbocycles. The normalized spacial score (nSPS) is 16.1. The summed E-state index contributed by atoms with van der Waals surface area (Å²) in [4.78, 5) is 1.29. The summed E-state index contributed by atoms with van der Waals surface area (Å²) in [5.74, 6) is 6.27. The zero-order chi connectivity index (χ0) is 12.3. The molecule has 0 aliphatic rings. The van der Waals surface area contributed by atoms with Crippen molar-refractivity contribution in [2.45, 2.75) is 40.2 Å². The molecule has 4 heteroatoms. The minimum atomic E-state index is 0.239. The van der Waals surface area contributed by atoms with E-state index in [9.17, 15) is 0 Å². The maximum atomic E-state index is 5.66. The van der Waals surface area contributed by atoms with Crippen LogP contribution in [-0.4, -0.2) is 0 Å². The number of nitrogens with one attached hydrogen (secondary N) is 1. The zero-order valence-corrected chi connectivity index (χ0v) is 12.8. The van der Waals surface area contributed by atoms with Gasteiger partial charge in [0.05, 0.1) is 6.04 Å². The van der Waals surface area contributed by atoms with E-state index in [1.54, 1.807) is 11.3 Å². The molecule has 0 amide bonds. The molecule has 0 aromatic carbocycles. The molecule has 16 heavy (non-hydrogen) atoms. The molecule has 0 saturated carbocycles. The maximum Gasteiger partial charge on any atom is 0.0567 e. The van der Waals surface area contributed by atoms with Crippen LogP contribution in [0.3, 0.4) is 0 Å². The number of halogens is 1. The van der Waals surface area contributed by atoms with Gasteiger partial charge >= 0.3 is 0 Å². The van der Waals surface area contributed by atoms with Crippen LogP contribution in [0.2, 0.25) is 0 Å². The van der Waals surface area contributed by atoms with Gasteiger partial charge < -0.3 is 0 Å². The van der Waals surface area contributed by atoms with Crippen LogP contribution in [0.5, 0.6) is 0 Å². The Labute approximate surface area is 111 Å². The quantitative estimate of drug-likeness (QED) is 0.649. The fourth-order valence-corrected chi connectivity index (χ4v) is 3.24. The number of rotatable bonds is 4. The van der Waals surface area contributed by atoms with Gasteiger partial charge in [0.15, 0.2) is 0 Å². The van der Waals surface area contributed by atoms with Crippen molar-refractivity contribution < 1.29 is 0 Å². The van der Waals surface area contributed by atoms with Gasteiger partial charge in [-0.15, -0.1) is 11.3 Å². The van der Waals surface area contributed by atoms with Crippen LogP contribution in [0.25, 0.3) is 0 Å². The van der Waals surface area contributed by atoms with E-state index in [1.165, 1.54) is 4.88 Å². The summed E-state index contributed by atoms with van der Waals surface area (Å²) in [6, 6.07) is 2.31. The number of hydrazine groups is 1. The van der Waals surface area contributed by atoms with Crippen molar-refractivity contribution in [1.29, 1.82) is 0 Å². The third-order valence-electron chi connectivity index (χ3n) is 3.23. The fraction of sp³-hybridized carbons (Fsp3) is 0.667. The van der Waals surface area contributed by atoms with Crippen molar-refractivity contribution in [2.75, 3.05) is 0 Å². The van der Waals surface area contributed by atoms with Gasteiger partial charge in [0, 0.05) is 9.35 Å². The highest BCUT2D eigenvalue weighted by Gasteiger charge is 2.25. The Hall–Kier alpha value is 0.100. The van der Waals surface area contributed by atoms with Crippen LogP contribution < -0.4 is 11.3 Å². The number of nitrogens with two attached hydrogens (primary N) is 1. The average Bonchev–Trinajstić information content (AvgIpc) is 2.59. The van der Waals surface area contributed by atoms with Crippen molar-refractivity contribution in [2.24, 2.45) is 17.2 Å². The molecular weight excluding hydrogens is 284 g/mol. The Kier molecular flexibility index (Phi) is 4.98. The summed E-state index contributed by atoms with van der Waals surface area (Å²) in [5, 5.41) is 2.09. The highest BCUT2D eigenvalue weighted by Crippen LogP contribution is 2.37. The first-order chi connectivity index (χ1) is 7.36. The van der Waals surface area contributed by atoms with Crippen molar-refractivity contribution in [1.82, 2.24) is 5.43 Å². The zero-order valence-electron chi connectivity index (χ0n) is 10.4. The molecule has 0 saturated heterocycles. The number of hydrogen-bond donors (Lipinski definition) is 2. The molecule has 1 aromatic heterocycles. The number of hydrogen-bond acceptors (Lipinski definition) is 3. The van der Waals surface area contributed by atoms with Crippen molar-refractivity contribution in [3.8, 4) is 0 Å². The molecule has 1 heterocycles. The molecule has 0 fully saturated rings. The van der Waals surface area contributed by atoms with E-state index < -0.39 is 0 Å². The molecule has 0 spiro atoms. The van der Waals surface area contributed by atoms with Crippen molar-refractivity contribution in [3.05, 3.63) is 20.8 Å². The van der Waals surface area contributed by atoms with E-state index >= 15 is 0 Å². The predicted molar refractivity (Wildman–Crippen MR) is 75.3 cm³/mol. The summed E-state index contributed by atoms with van der Waals surface area (Å²) in [6.07, 6.45) is 1.05. The lowest BCUT2D eigenvalue weighted by atomic mass is 9.78. The van der Waals surface area contributed by atoms with Gasteiger partial charge in [-0.2, -0.15) is 0 Å². The van der Waals surface area contributed by atoms with Gasteiger partial charge in [-0.1, -0.05) is 27.7 Å². The van der Waals surface area contributed by atoms with Gasteiger partial charge in [-0.25, -0.2) is 0 Å². The second kappa shape index (κ2) is 5.63. The largest absolute Gasteiger partial charge is 0.271 e. The highest BCUT2D eigenvalue weighted by molar-refractivity contribution is 9.10. The second-order valence-electron chi connectivity index (χ2n) is 5.35. The summed E-state index contributed by atoms with van der Waals surface area (Å²) in [7, 11) is 0. The van der Waals surface area contributed by atoms with E-state index in [0.717, 1.165) is 10.9 Å². The van der Waals surface area contributed by atoms with E-state index in [1.807, 2.05) is 0 Å². The maximum absolute atomic E-state index is 5.66. The first-order valence-electron chi connectivity index (χ1n) is 5.55. The van der Waals surface area contributed by atoms with Crippen LogP contribution in [0.15, 0.2) is 15.9 Å². The smallest absolute Gasteiger partial charge is 0.0567 e. The van der Waals surface area contributed by atoms with Crippen LogP contribution in [-0.2, 0) is 0 Å². The first-order valence-corrected chi connectivity index (χ1v) is 7.22. The molecule has 2 unspecified atom stereocenters. The Balaban J connectivity index is 2.74. The van der Waals surface area contributed by atoms with Gasteiger partial charge in [0.2, 0.25) is 0 Å². The average molecular weight is 305 g/mol. The monoisotopic (exact) mass is 304 g/mol.